The quantitative estimate of drug-likeness (QED) is 0.505. The van der Waals surface area contributed by atoms with E-state index in [9.17, 15) is 9.59 Å². The van der Waals surface area contributed by atoms with Gasteiger partial charge < -0.3 is 10.6 Å². The van der Waals surface area contributed by atoms with Gasteiger partial charge in [0.15, 0.2) is 5.78 Å². The van der Waals surface area contributed by atoms with Gasteiger partial charge >= 0.3 is 6.03 Å². The van der Waals surface area contributed by atoms with E-state index in [4.69, 9.17) is 0 Å². The maximum Gasteiger partial charge on any atom is 0.327 e. The highest BCUT2D eigenvalue weighted by Crippen LogP contribution is 2.45. The molecule has 6 heteroatoms. The molecule has 2 N–H and O–H groups in total. The van der Waals surface area contributed by atoms with Crippen LogP contribution in [0.4, 0.5) is 21.9 Å². The van der Waals surface area contributed by atoms with Gasteiger partial charge in [0.25, 0.3) is 0 Å². The van der Waals surface area contributed by atoms with Gasteiger partial charge in [-0.05, 0) is 55.0 Å². The largest absolute Gasteiger partial charge is 0.357 e. The van der Waals surface area contributed by atoms with Crippen molar-refractivity contribution in [3.05, 3.63) is 87.8 Å². The van der Waals surface area contributed by atoms with Crippen molar-refractivity contribution in [3.63, 3.8) is 0 Å². The Morgan fingerprint density at radius 1 is 1.06 bits per heavy atom. The topological polar surface area (TPSA) is 61.4 Å². The number of carbonyl (C=O) groups excluding carboxylic acids is 2. The van der Waals surface area contributed by atoms with Crippen LogP contribution in [-0.2, 0) is 4.79 Å². The number of Topliss-reactive ketones (excluding diaryl/α,β-unsaturated/α-hetero) is 1. The molecule has 31 heavy (non-hydrogen) atoms. The molecule has 156 valence electrons. The minimum atomic E-state index is -0.469. The van der Waals surface area contributed by atoms with Crippen LogP contribution in [0.5, 0.6) is 0 Å². The molecular weight excluding hydrogens is 406 g/mol. The Balaban J connectivity index is 1.69. The van der Waals surface area contributed by atoms with Crippen LogP contribution in [-0.4, -0.2) is 11.8 Å². The van der Waals surface area contributed by atoms with Crippen LogP contribution in [0.3, 0.4) is 0 Å². The minimum Gasteiger partial charge on any atom is -0.357 e. The monoisotopic (exact) mass is 429 g/mol. The van der Waals surface area contributed by atoms with Crippen molar-refractivity contribution >= 4 is 40.2 Å². The molecule has 3 aromatic rings. The van der Waals surface area contributed by atoms with Crippen LogP contribution in [0.1, 0.15) is 35.7 Å². The van der Waals surface area contributed by atoms with Gasteiger partial charge in [-0.15, -0.1) is 11.3 Å². The van der Waals surface area contributed by atoms with Crippen LogP contribution < -0.4 is 15.5 Å². The summed E-state index contributed by atoms with van der Waals surface area (Å²) in [5, 5.41) is 8.56. The highest BCUT2D eigenvalue weighted by Gasteiger charge is 2.40. The van der Waals surface area contributed by atoms with Crippen LogP contribution in [0.2, 0.25) is 0 Å². The van der Waals surface area contributed by atoms with Crippen molar-refractivity contribution in [1.29, 1.82) is 0 Å². The predicted molar refractivity (Wildman–Crippen MR) is 126 cm³/mol. The van der Waals surface area contributed by atoms with E-state index in [1.807, 2.05) is 73.0 Å². The lowest BCUT2D eigenvalue weighted by Crippen LogP contribution is -2.40. The lowest BCUT2D eigenvalue weighted by atomic mass is 9.88. The molecule has 0 radical (unpaired) electrons. The van der Waals surface area contributed by atoms with E-state index in [2.05, 4.69) is 10.6 Å². The summed E-state index contributed by atoms with van der Waals surface area (Å²) < 4.78 is 0. The lowest BCUT2D eigenvalue weighted by Gasteiger charge is -2.33. The third-order valence-corrected chi connectivity index (χ3v) is 6.78. The SMILES string of the molecule is Cc1ccccc1NC(=O)N1c2ccccc2NC2=C(C(=O)CCC2)[C@@H]1c1cccs1. The molecule has 5 nitrogen and oxygen atoms in total. The number of urea groups is 1. The number of anilines is 3. The number of nitrogens with zero attached hydrogens (tertiary/aromatic N) is 1. The first kappa shape index (κ1) is 19.6. The summed E-state index contributed by atoms with van der Waals surface area (Å²) in [6.07, 6.45) is 2.12. The lowest BCUT2D eigenvalue weighted by molar-refractivity contribution is -0.116. The molecule has 2 heterocycles. The Hall–Kier alpha value is -3.38. The van der Waals surface area contributed by atoms with E-state index in [0.717, 1.165) is 46.0 Å². The number of aryl methyl sites for hydroxylation is 1. The molecule has 5 rings (SSSR count). The van der Waals surface area contributed by atoms with E-state index >= 15 is 0 Å². The zero-order chi connectivity index (χ0) is 21.4. The second kappa shape index (κ2) is 8.04. The van der Waals surface area contributed by atoms with Crippen molar-refractivity contribution in [1.82, 2.24) is 0 Å². The fourth-order valence-electron chi connectivity index (χ4n) is 4.36. The van der Waals surface area contributed by atoms with E-state index in [0.29, 0.717) is 12.0 Å². The smallest absolute Gasteiger partial charge is 0.327 e. The molecule has 0 spiro atoms. The molecule has 1 aromatic heterocycles. The van der Waals surface area contributed by atoms with E-state index in [1.54, 1.807) is 16.2 Å². The summed E-state index contributed by atoms with van der Waals surface area (Å²) in [4.78, 5) is 29.7. The molecular formula is C25H23N3O2S. The van der Waals surface area contributed by atoms with E-state index in [1.165, 1.54) is 0 Å². The van der Waals surface area contributed by atoms with Gasteiger partial charge in [-0.2, -0.15) is 0 Å². The zero-order valence-corrected chi connectivity index (χ0v) is 18.0. The van der Waals surface area contributed by atoms with Crippen LogP contribution in [0, 0.1) is 6.92 Å². The molecule has 1 aliphatic carbocycles. The Morgan fingerprint density at radius 3 is 2.68 bits per heavy atom. The fraction of sp³-hybridized carbons (Fsp3) is 0.200. The van der Waals surface area contributed by atoms with E-state index in [-0.39, 0.29) is 11.8 Å². The summed E-state index contributed by atoms with van der Waals surface area (Å²) in [6, 6.07) is 18.7. The zero-order valence-electron chi connectivity index (χ0n) is 17.2. The highest BCUT2D eigenvalue weighted by atomic mass is 32.1. The number of benzene rings is 2. The van der Waals surface area contributed by atoms with Crippen molar-refractivity contribution in [2.75, 3.05) is 15.5 Å². The van der Waals surface area contributed by atoms with Gasteiger partial charge in [0.2, 0.25) is 0 Å². The average molecular weight is 430 g/mol. The van der Waals surface area contributed by atoms with Crippen molar-refractivity contribution in [3.8, 4) is 0 Å². The van der Waals surface area contributed by atoms with Gasteiger partial charge in [-0.3, -0.25) is 9.69 Å². The Kier molecular flexibility index (Phi) is 5.08. The van der Waals surface area contributed by atoms with E-state index < -0.39 is 6.04 Å². The molecule has 0 fully saturated rings. The first-order valence-corrected chi connectivity index (χ1v) is 11.3. The number of allylic oxidation sites excluding steroid dienone is 1. The minimum absolute atomic E-state index is 0.105. The van der Waals surface area contributed by atoms with Crippen molar-refractivity contribution in [2.24, 2.45) is 0 Å². The van der Waals surface area contributed by atoms with Gasteiger partial charge in [-0.25, -0.2) is 4.79 Å². The number of thiophene rings is 1. The normalized spacial score (nSPS) is 18.0. The van der Waals surface area contributed by atoms with Gasteiger partial charge in [0.05, 0.1) is 11.4 Å². The number of nitrogens with one attached hydrogen (secondary N) is 2. The third-order valence-electron chi connectivity index (χ3n) is 5.86. The summed E-state index contributed by atoms with van der Waals surface area (Å²) in [5.74, 6) is 0.105. The first-order chi connectivity index (χ1) is 15.1. The third kappa shape index (κ3) is 3.53. The van der Waals surface area contributed by atoms with Crippen LogP contribution in [0.25, 0.3) is 0 Å². The number of fused-ring (bicyclic) bond motifs is 1. The summed E-state index contributed by atoms with van der Waals surface area (Å²) in [5.41, 5.74) is 4.96. The molecule has 0 unspecified atom stereocenters. The number of rotatable bonds is 2. The second-order valence-corrected chi connectivity index (χ2v) is 8.82. The van der Waals surface area contributed by atoms with Crippen LogP contribution in [0.15, 0.2) is 77.3 Å². The fourth-order valence-corrected chi connectivity index (χ4v) is 5.19. The van der Waals surface area contributed by atoms with Crippen LogP contribution >= 0.6 is 11.3 Å². The van der Waals surface area contributed by atoms with Gasteiger partial charge in [0.1, 0.15) is 6.04 Å². The second-order valence-electron chi connectivity index (χ2n) is 7.84. The highest BCUT2D eigenvalue weighted by molar-refractivity contribution is 7.10. The number of amides is 2. The average Bonchev–Trinajstić information content (AvgIpc) is 3.25. The number of hydrogen-bond donors (Lipinski definition) is 2. The standard InChI is InChI=1S/C25H23N3O2S/c1-16-8-2-3-9-17(16)27-25(30)28-20-12-5-4-10-18(20)26-19-11-6-13-21(29)23(19)24(28)22-14-7-15-31-22/h2-5,7-10,12,14-15,24,26H,6,11,13H2,1H3,(H,27,30)/t24-/m0/s1. The number of para-hydroxylation sites is 3. The summed E-state index contributed by atoms with van der Waals surface area (Å²) in [6.45, 7) is 1.97. The predicted octanol–water partition coefficient (Wildman–Crippen LogP) is 6.27. The Morgan fingerprint density at radius 2 is 1.87 bits per heavy atom. The summed E-state index contributed by atoms with van der Waals surface area (Å²) in [7, 11) is 0. The Bertz CT molecular complexity index is 1180. The molecule has 2 aliphatic rings. The maximum atomic E-state index is 13.8. The molecule has 1 aliphatic heterocycles. The number of ketones is 1. The molecule has 0 bridgehead atoms. The number of carbonyl (C=O) groups is 2. The number of hydrogen-bond acceptors (Lipinski definition) is 4. The maximum absolute atomic E-state index is 13.8. The van der Waals surface area contributed by atoms with Crippen molar-refractivity contribution < 1.29 is 9.59 Å². The molecule has 2 amide bonds. The van der Waals surface area contributed by atoms with Gasteiger partial charge in [0, 0.05) is 28.3 Å². The molecule has 1 atom stereocenters. The molecule has 0 saturated carbocycles. The first-order valence-electron chi connectivity index (χ1n) is 10.4. The summed E-state index contributed by atoms with van der Waals surface area (Å²) >= 11 is 1.57. The molecule has 0 saturated heterocycles. The molecule has 2 aromatic carbocycles. The Labute approximate surface area is 185 Å². The van der Waals surface area contributed by atoms with Crippen molar-refractivity contribution in [2.45, 2.75) is 32.2 Å². The van der Waals surface area contributed by atoms with Gasteiger partial charge in [-0.1, -0.05) is 36.4 Å².